The largest absolute Gasteiger partial charge is 0.328 e. The molecule has 1 aromatic carbocycles. The van der Waals surface area contributed by atoms with Crippen LogP contribution in [-0.4, -0.2) is 11.3 Å². The van der Waals surface area contributed by atoms with Crippen molar-refractivity contribution in [3.05, 3.63) is 39.9 Å². The molecule has 0 heterocycles. The molecule has 1 rings (SSSR count). The van der Waals surface area contributed by atoms with Crippen molar-refractivity contribution in [2.75, 3.05) is 5.32 Å². The van der Waals surface area contributed by atoms with Crippen LogP contribution < -0.4 is 5.32 Å². The molecule has 0 aromatic heterocycles. The third kappa shape index (κ3) is 2.55. The highest BCUT2D eigenvalue weighted by Crippen LogP contribution is 2.14. The fourth-order valence-corrected chi connectivity index (χ4v) is 1.00. The highest BCUT2D eigenvalue weighted by Gasteiger charge is 2.05. The van der Waals surface area contributed by atoms with Crippen LogP contribution in [-0.2, 0) is 11.3 Å². The molecule has 1 N–H and O–H groups in total. The third-order valence-electron chi connectivity index (χ3n) is 1.53. The Morgan fingerprint density at radius 2 is 2.15 bits per heavy atom. The summed E-state index contributed by atoms with van der Waals surface area (Å²) >= 11 is 0. The van der Waals surface area contributed by atoms with E-state index in [0.717, 1.165) is 0 Å². The number of benzene rings is 1. The van der Waals surface area contributed by atoms with Crippen molar-refractivity contribution in [3.8, 4) is 0 Å². The van der Waals surface area contributed by atoms with Crippen molar-refractivity contribution in [3.63, 3.8) is 0 Å². The second-order valence-electron chi connectivity index (χ2n) is 2.41. The molecule has 0 aliphatic heterocycles. The Labute approximate surface area is 74.5 Å². The normalized spacial score (nSPS) is 9.23. The summed E-state index contributed by atoms with van der Waals surface area (Å²) in [5.41, 5.74) is 0.980. The second-order valence-corrected chi connectivity index (χ2v) is 2.41. The highest BCUT2D eigenvalue weighted by molar-refractivity contribution is 5.73. The quantitative estimate of drug-likeness (QED) is 0.427. The molecule has 13 heavy (non-hydrogen) atoms. The molecule has 0 spiro atoms. The first-order chi connectivity index (χ1) is 6.24. The summed E-state index contributed by atoms with van der Waals surface area (Å²) in [7, 11) is 0. The van der Waals surface area contributed by atoms with Gasteiger partial charge < -0.3 is 5.32 Å². The lowest BCUT2D eigenvalue weighted by Gasteiger charge is -2.02. The number of para-hydroxylation sites is 1. The average Bonchev–Trinajstić information content (AvgIpc) is 2.08. The van der Waals surface area contributed by atoms with Crippen molar-refractivity contribution < 1.29 is 9.72 Å². The predicted molar refractivity (Wildman–Crippen MR) is 46.8 cm³/mol. The number of amides is 1. The maximum atomic E-state index is 10.2. The lowest BCUT2D eigenvalue weighted by Crippen LogP contribution is -2.03. The zero-order chi connectivity index (χ0) is 9.68. The van der Waals surface area contributed by atoms with Crippen LogP contribution in [0.1, 0.15) is 5.56 Å². The molecule has 5 heteroatoms. The van der Waals surface area contributed by atoms with Gasteiger partial charge in [0.2, 0.25) is 13.0 Å². The van der Waals surface area contributed by atoms with Crippen LogP contribution in [0.2, 0.25) is 0 Å². The number of anilines is 1. The Bertz CT molecular complexity index is 325. The Morgan fingerprint density at radius 1 is 1.46 bits per heavy atom. The molecule has 0 aliphatic carbocycles. The molecule has 0 saturated heterocycles. The van der Waals surface area contributed by atoms with E-state index in [2.05, 4.69) is 5.32 Å². The molecule has 0 unspecified atom stereocenters. The van der Waals surface area contributed by atoms with E-state index in [9.17, 15) is 14.9 Å². The fraction of sp³-hybridized carbons (Fsp3) is 0.125. The van der Waals surface area contributed by atoms with E-state index in [-0.39, 0.29) is 6.54 Å². The van der Waals surface area contributed by atoms with Gasteiger partial charge in [-0.1, -0.05) is 18.2 Å². The van der Waals surface area contributed by atoms with Gasteiger partial charge in [0.15, 0.2) is 0 Å². The minimum Gasteiger partial charge on any atom is -0.328 e. The minimum atomic E-state index is -0.439. The average molecular weight is 180 g/mol. The topological polar surface area (TPSA) is 72.2 Å². The summed E-state index contributed by atoms with van der Waals surface area (Å²) in [5.74, 6) is 0. The van der Waals surface area contributed by atoms with Crippen LogP contribution in [0.25, 0.3) is 0 Å². The predicted octanol–water partition coefficient (Wildman–Crippen LogP) is 1.03. The number of rotatable bonds is 4. The first kappa shape index (κ1) is 9.18. The molecule has 0 fully saturated rings. The number of carbonyl (C=O) groups excluding carboxylic acids is 1. The van der Waals surface area contributed by atoms with Gasteiger partial charge in [-0.25, -0.2) is 0 Å². The molecule has 0 atom stereocenters. The molecule has 1 aromatic rings. The highest BCUT2D eigenvalue weighted by atomic mass is 16.6. The molecular weight excluding hydrogens is 172 g/mol. The first-order valence-corrected chi connectivity index (χ1v) is 3.64. The minimum absolute atomic E-state index is 0.281. The Kier molecular flexibility index (Phi) is 2.97. The van der Waals surface area contributed by atoms with Crippen LogP contribution in [0, 0.1) is 10.1 Å². The standard InChI is InChI=1S/C8H8N2O3/c11-6-9-8-4-2-1-3-7(8)5-10(12)13/h1-4,6H,5H2,(H,9,11). The molecule has 0 bridgehead atoms. The van der Waals surface area contributed by atoms with Gasteiger partial charge >= 0.3 is 0 Å². The fourth-order valence-electron chi connectivity index (χ4n) is 1.00. The molecule has 0 saturated carbocycles. The van der Waals surface area contributed by atoms with Crippen molar-refractivity contribution in [2.45, 2.75) is 6.54 Å². The molecule has 0 radical (unpaired) electrons. The van der Waals surface area contributed by atoms with Crippen molar-refractivity contribution in [2.24, 2.45) is 0 Å². The van der Waals surface area contributed by atoms with Gasteiger partial charge in [-0.05, 0) is 6.07 Å². The van der Waals surface area contributed by atoms with Crippen LogP contribution in [0.15, 0.2) is 24.3 Å². The maximum absolute atomic E-state index is 10.2. The van der Waals surface area contributed by atoms with E-state index in [4.69, 9.17) is 0 Å². The van der Waals surface area contributed by atoms with E-state index in [1.807, 2.05) is 0 Å². The zero-order valence-electron chi connectivity index (χ0n) is 6.77. The van der Waals surface area contributed by atoms with Crippen LogP contribution >= 0.6 is 0 Å². The lowest BCUT2D eigenvalue weighted by molar-refractivity contribution is -0.496. The Morgan fingerprint density at radius 3 is 2.77 bits per heavy atom. The summed E-state index contributed by atoms with van der Waals surface area (Å²) < 4.78 is 0. The van der Waals surface area contributed by atoms with E-state index < -0.39 is 4.92 Å². The van der Waals surface area contributed by atoms with Crippen molar-refractivity contribution in [1.82, 2.24) is 0 Å². The summed E-state index contributed by atoms with van der Waals surface area (Å²) in [6, 6.07) is 6.62. The van der Waals surface area contributed by atoms with Gasteiger partial charge in [-0.3, -0.25) is 14.9 Å². The van der Waals surface area contributed by atoms with Crippen molar-refractivity contribution in [1.29, 1.82) is 0 Å². The third-order valence-corrected chi connectivity index (χ3v) is 1.53. The number of carbonyl (C=O) groups is 1. The first-order valence-electron chi connectivity index (χ1n) is 3.64. The number of hydrogen-bond acceptors (Lipinski definition) is 3. The number of nitro groups is 1. The van der Waals surface area contributed by atoms with Gasteiger partial charge in [0.05, 0.1) is 5.69 Å². The van der Waals surface area contributed by atoms with Crippen LogP contribution in [0.3, 0.4) is 0 Å². The van der Waals surface area contributed by atoms with E-state index in [1.165, 1.54) is 0 Å². The van der Waals surface area contributed by atoms with Gasteiger partial charge in [0.1, 0.15) is 0 Å². The second kappa shape index (κ2) is 4.20. The summed E-state index contributed by atoms with van der Waals surface area (Å²) in [6.45, 7) is -0.281. The van der Waals surface area contributed by atoms with E-state index in [1.54, 1.807) is 24.3 Å². The summed E-state index contributed by atoms with van der Waals surface area (Å²) in [5, 5.41) is 12.6. The van der Waals surface area contributed by atoms with Crippen molar-refractivity contribution >= 4 is 12.1 Å². The Balaban J connectivity index is 2.90. The summed E-state index contributed by atoms with van der Waals surface area (Å²) in [6.07, 6.45) is 0.499. The monoisotopic (exact) mass is 180 g/mol. The smallest absolute Gasteiger partial charge is 0.230 e. The van der Waals surface area contributed by atoms with Crippen LogP contribution in [0.4, 0.5) is 5.69 Å². The molecule has 0 aliphatic rings. The number of nitrogens with zero attached hydrogens (tertiary/aromatic N) is 1. The van der Waals surface area contributed by atoms with Gasteiger partial charge in [-0.15, -0.1) is 0 Å². The van der Waals surface area contributed by atoms with Crippen LogP contribution in [0.5, 0.6) is 0 Å². The number of hydrogen-bond donors (Lipinski definition) is 1. The number of nitrogens with one attached hydrogen (secondary N) is 1. The van der Waals surface area contributed by atoms with Gasteiger partial charge in [0, 0.05) is 10.5 Å². The zero-order valence-corrected chi connectivity index (χ0v) is 6.77. The lowest BCUT2D eigenvalue weighted by atomic mass is 10.2. The summed E-state index contributed by atoms with van der Waals surface area (Å²) in [4.78, 5) is 19.9. The molecule has 1 amide bonds. The molecule has 68 valence electrons. The van der Waals surface area contributed by atoms with Gasteiger partial charge in [0.25, 0.3) is 0 Å². The SMILES string of the molecule is O=CNc1ccccc1C[N+](=O)[O-]. The van der Waals surface area contributed by atoms with E-state index >= 15 is 0 Å². The maximum Gasteiger partial charge on any atom is 0.230 e. The van der Waals surface area contributed by atoms with E-state index in [0.29, 0.717) is 17.7 Å². The Hall–Kier alpha value is -1.91. The molecular formula is C8H8N2O3. The molecule has 5 nitrogen and oxygen atoms in total. The van der Waals surface area contributed by atoms with Gasteiger partial charge in [-0.2, -0.15) is 0 Å².